The van der Waals surface area contributed by atoms with Gasteiger partial charge >= 0.3 is 5.97 Å². The Hall–Kier alpha value is -2.36. The van der Waals surface area contributed by atoms with E-state index in [1.807, 2.05) is 25.1 Å². The van der Waals surface area contributed by atoms with E-state index in [2.05, 4.69) is 4.98 Å². The fourth-order valence-corrected chi connectivity index (χ4v) is 1.65. The molecule has 1 aromatic carbocycles. The van der Waals surface area contributed by atoms with Crippen molar-refractivity contribution in [2.45, 2.75) is 13.8 Å². The van der Waals surface area contributed by atoms with Crippen LogP contribution in [-0.4, -0.2) is 16.1 Å². The Kier molecular flexibility index (Phi) is 3.28. The number of pyridine rings is 1. The Morgan fingerprint density at radius 1 is 1.17 bits per heavy atom. The molecule has 1 heterocycles. The second-order valence-corrected chi connectivity index (χ2v) is 3.98. The van der Waals surface area contributed by atoms with Gasteiger partial charge in [0.15, 0.2) is 0 Å². The molecule has 0 saturated heterocycles. The first kappa shape index (κ1) is 12.1. The van der Waals surface area contributed by atoms with Crippen molar-refractivity contribution in [2.24, 2.45) is 0 Å². The van der Waals surface area contributed by atoms with Crippen molar-refractivity contribution in [1.29, 1.82) is 0 Å². The fraction of sp³-hybridized carbons (Fsp3) is 0.143. The van der Waals surface area contributed by atoms with Crippen LogP contribution in [0.4, 0.5) is 0 Å². The number of aryl methyl sites for hydroxylation is 2. The first-order chi connectivity index (χ1) is 8.59. The molecule has 0 aliphatic heterocycles. The van der Waals surface area contributed by atoms with Crippen molar-refractivity contribution in [1.82, 2.24) is 4.98 Å². The summed E-state index contributed by atoms with van der Waals surface area (Å²) in [4.78, 5) is 15.2. The molecule has 2 aromatic rings. The van der Waals surface area contributed by atoms with Crippen LogP contribution in [-0.2, 0) is 0 Å². The molecule has 0 spiro atoms. The van der Waals surface area contributed by atoms with Gasteiger partial charge in [0, 0.05) is 6.20 Å². The number of rotatable bonds is 3. The zero-order chi connectivity index (χ0) is 13.1. The maximum absolute atomic E-state index is 11.2. The number of aromatic nitrogens is 1. The third-order valence-electron chi connectivity index (χ3n) is 2.64. The lowest BCUT2D eigenvalue weighted by Crippen LogP contribution is -2.04. The first-order valence-electron chi connectivity index (χ1n) is 5.52. The Balaban J connectivity index is 2.44. The molecule has 2 rings (SSSR count). The minimum atomic E-state index is -1.04. The summed E-state index contributed by atoms with van der Waals surface area (Å²) in [7, 11) is 0. The molecule has 0 unspecified atom stereocenters. The number of benzene rings is 1. The molecule has 0 aliphatic carbocycles. The van der Waals surface area contributed by atoms with Crippen LogP contribution in [0.2, 0.25) is 0 Å². The lowest BCUT2D eigenvalue weighted by molar-refractivity contribution is 0.0692. The highest BCUT2D eigenvalue weighted by molar-refractivity contribution is 5.91. The molecule has 0 aliphatic rings. The van der Waals surface area contributed by atoms with Crippen molar-refractivity contribution in [3.05, 3.63) is 53.2 Å². The van der Waals surface area contributed by atoms with Crippen LogP contribution >= 0.6 is 0 Å². The van der Waals surface area contributed by atoms with E-state index in [0.717, 1.165) is 5.56 Å². The van der Waals surface area contributed by atoms with Crippen molar-refractivity contribution < 1.29 is 14.6 Å². The number of hydrogen-bond acceptors (Lipinski definition) is 3. The van der Waals surface area contributed by atoms with Crippen LogP contribution in [0.25, 0.3) is 0 Å². The highest BCUT2D eigenvalue weighted by Gasteiger charge is 2.16. The van der Waals surface area contributed by atoms with Gasteiger partial charge in [0.05, 0.1) is 0 Å². The summed E-state index contributed by atoms with van der Waals surface area (Å²) in [5, 5.41) is 9.17. The second kappa shape index (κ2) is 4.87. The molecule has 0 fully saturated rings. The number of nitrogens with zero attached hydrogens (tertiary/aromatic N) is 1. The van der Waals surface area contributed by atoms with E-state index < -0.39 is 5.97 Å². The zero-order valence-corrected chi connectivity index (χ0v) is 10.2. The molecular weight excluding hydrogens is 230 g/mol. The predicted octanol–water partition coefficient (Wildman–Crippen LogP) is 3.19. The molecule has 4 heteroatoms. The van der Waals surface area contributed by atoms with Gasteiger partial charge in [0.1, 0.15) is 11.3 Å². The minimum Gasteiger partial charge on any atom is -0.477 e. The number of ether oxygens (including phenoxy) is 1. The van der Waals surface area contributed by atoms with E-state index in [1.54, 1.807) is 19.1 Å². The van der Waals surface area contributed by atoms with Gasteiger partial charge in [-0.05, 0) is 37.1 Å². The molecule has 0 amide bonds. The van der Waals surface area contributed by atoms with Gasteiger partial charge in [-0.2, -0.15) is 0 Å². The Morgan fingerprint density at radius 3 is 2.56 bits per heavy atom. The van der Waals surface area contributed by atoms with Crippen LogP contribution in [0.1, 0.15) is 21.5 Å². The third kappa shape index (κ3) is 2.32. The lowest BCUT2D eigenvalue weighted by atomic mass is 10.1. The van der Waals surface area contributed by atoms with Gasteiger partial charge in [-0.15, -0.1) is 0 Å². The largest absolute Gasteiger partial charge is 0.477 e. The number of aromatic carboxylic acids is 1. The summed E-state index contributed by atoms with van der Waals surface area (Å²) >= 11 is 0. The summed E-state index contributed by atoms with van der Waals surface area (Å²) in [5.41, 5.74) is 1.65. The lowest BCUT2D eigenvalue weighted by Gasteiger charge is -2.10. The van der Waals surface area contributed by atoms with Gasteiger partial charge in [-0.3, -0.25) is 0 Å². The van der Waals surface area contributed by atoms with Gasteiger partial charge in [-0.25, -0.2) is 9.78 Å². The molecule has 1 aromatic heterocycles. The molecule has 92 valence electrons. The smallest absolute Gasteiger partial charge is 0.341 e. The summed E-state index contributed by atoms with van der Waals surface area (Å²) in [6.45, 7) is 3.61. The van der Waals surface area contributed by atoms with Crippen LogP contribution in [0.5, 0.6) is 11.6 Å². The standard InChI is InChI=1S/C14H13NO3/c1-9-5-3-4-6-11(9)18-13-12(14(16)17)10(2)7-8-15-13/h3-8H,1-2H3,(H,16,17). The van der Waals surface area contributed by atoms with Gasteiger partial charge in [-0.1, -0.05) is 18.2 Å². The van der Waals surface area contributed by atoms with Crippen molar-refractivity contribution in [2.75, 3.05) is 0 Å². The summed E-state index contributed by atoms with van der Waals surface area (Å²) < 4.78 is 5.59. The second-order valence-electron chi connectivity index (χ2n) is 3.98. The van der Waals surface area contributed by atoms with Gasteiger partial charge in [0.25, 0.3) is 0 Å². The molecular formula is C14H13NO3. The average Bonchev–Trinajstić information content (AvgIpc) is 2.31. The number of carbonyl (C=O) groups is 1. The van der Waals surface area contributed by atoms with Crippen molar-refractivity contribution >= 4 is 5.97 Å². The molecule has 0 atom stereocenters. The third-order valence-corrected chi connectivity index (χ3v) is 2.64. The maximum atomic E-state index is 11.2. The van der Waals surface area contributed by atoms with E-state index in [4.69, 9.17) is 4.74 Å². The molecule has 0 bridgehead atoms. The summed E-state index contributed by atoms with van der Waals surface area (Å²) in [6, 6.07) is 9.05. The van der Waals surface area contributed by atoms with Gasteiger partial charge in [0.2, 0.25) is 5.88 Å². The average molecular weight is 243 g/mol. The van der Waals surface area contributed by atoms with Crippen LogP contribution in [0, 0.1) is 13.8 Å². The number of para-hydroxylation sites is 1. The van der Waals surface area contributed by atoms with Crippen LogP contribution in [0.3, 0.4) is 0 Å². The van der Waals surface area contributed by atoms with E-state index >= 15 is 0 Å². The van der Waals surface area contributed by atoms with E-state index in [1.165, 1.54) is 6.20 Å². The maximum Gasteiger partial charge on any atom is 0.341 e. The predicted molar refractivity (Wildman–Crippen MR) is 67.2 cm³/mol. The van der Waals surface area contributed by atoms with Crippen LogP contribution < -0.4 is 4.74 Å². The van der Waals surface area contributed by atoms with E-state index in [9.17, 15) is 9.90 Å². The highest BCUT2D eigenvalue weighted by atomic mass is 16.5. The first-order valence-corrected chi connectivity index (χ1v) is 5.52. The van der Waals surface area contributed by atoms with Gasteiger partial charge < -0.3 is 9.84 Å². The van der Waals surface area contributed by atoms with Crippen LogP contribution in [0.15, 0.2) is 36.5 Å². The molecule has 18 heavy (non-hydrogen) atoms. The normalized spacial score (nSPS) is 10.1. The number of carboxylic acid groups (broad SMARTS) is 1. The quantitative estimate of drug-likeness (QED) is 0.899. The molecule has 0 radical (unpaired) electrons. The topological polar surface area (TPSA) is 59.4 Å². The Bertz CT molecular complexity index is 593. The number of carboxylic acids is 1. The fourth-order valence-electron chi connectivity index (χ4n) is 1.65. The SMILES string of the molecule is Cc1ccccc1Oc1nccc(C)c1C(=O)O. The van der Waals surface area contributed by atoms with Crippen molar-refractivity contribution in [3.63, 3.8) is 0 Å². The zero-order valence-electron chi connectivity index (χ0n) is 10.2. The summed E-state index contributed by atoms with van der Waals surface area (Å²) in [6.07, 6.45) is 1.54. The van der Waals surface area contributed by atoms with E-state index in [-0.39, 0.29) is 11.4 Å². The summed E-state index contributed by atoms with van der Waals surface area (Å²) in [5.74, 6) is -0.306. The van der Waals surface area contributed by atoms with E-state index in [0.29, 0.717) is 11.3 Å². The molecule has 1 N–H and O–H groups in total. The number of hydrogen-bond donors (Lipinski definition) is 1. The Labute approximate surface area is 105 Å². The Morgan fingerprint density at radius 2 is 1.89 bits per heavy atom. The molecule has 4 nitrogen and oxygen atoms in total. The van der Waals surface area contributed by atoms with Crippen molar-refractivity contribution in [3.8, 4) is 11.6 Å². The monoisotopic (exact) mass is 243 g/mol. The minimum absolute atomic E-state index is 0.0979. The highest BCUT2D eigenvalue weighted by Crippen LogP contribution is 2.27. The molecule has 0 saturated carbocycles.